The molecule has 1 N–H and O–H groups in total. The Hall–Kier alpha value is -1.80. The molecule has 134 valence electrons. The zero-order chi connectivity index (χ0) is 17.6. The third-order valence-corrected chi connectivity index (χ3v) is 5.09. The Labute approximate surface area is 155 Å². The summed E-state index contributed by atoms with van der Waals surface area (Å²) in [6, 6.07) is 0.492. The van der Waals surface area contributed by atoms with Gasteiger partial charge < -0.3 is 10.1 Å². The van der Waals surface area contributed by atoms with Gasteiger partial charge in [0.25, 0.3) is 5.91 Å². The highest BCUT2D eigenvalue weighted by atomic mass is 35.5. The molecule has 0 radical (unpaired) electrons. The number of halogens is 1. The first-order chi connectivity index (χ1) is 12.2. The van der Waals surface area contributed by atoms with Crippen molar-refractivity contribution in [1.82, 2.24) is 24.9 Å². The van der Waals surface area contributed by atoms with Crippen molar-refractivity contribution < 1.29 is 9.53 Å². The molecule has 1 amide bonds. The molecule has 0 bridgehead atoms. The van der Waals surface area contributed by atoms with E-state index in [-0.39, 0.29) is 18.1 Å². The number of amides is 1. The second-order valence-corrected chi connectivity index (χ2v) is 7.24. The van der Waals surface area contributed by atoms with E-state index in [4.69, 9.17) is 16.3 Å². The maximum absolute atomic E-state index is 12.4. The Bertz CT molecular complexity index is 701. The molecule has 1 saturated carbocycles. The summed E-state index contributed by atoms with van der Waals surface area (Å²) < 4.78 is 9.68. The van der Waals surface area contributed by atoms with Crippen molar-refractivity contribution in [2.75, 3.05) is 0 Å². The monoisotopic (exact) mass is 381 g/mol. The molecule has 0 unspecified atom stereocenters. The van der Waals surface area contributed by atoms with Crippen LogP contribution in [0, 0.1) is 0 Å². The lowest BCUT2D eigenvalue weighted by atomic mass is 9.93. The largest absolute Gasteiger partial charge is 0.460 e. The summed E-state index contributed by atoms with van der Waals surface area (Å²) in [7, 11) is 0. The molecule has 2 aromatic heterocycles. The molecule has 0 spiro atoms. The lowest BCUT2D eigenvalue weighted by molar-refractivity contribution is 0.0888. The van der Waals surface area contributed by atoms with Crippen LogP contribution < -0.4 is 10.1 Å². The van der Waals surface area contributed by atoms with Crippen LogP contribution in [0.2, 0.25) is 5.02 Å². The number of nitrogens with zero attached hydrogens (tertiary/aromatic N) is 4. The Morgan fingerprint density at radius 2 is 2.04 bits per heavy atom. The van der Waals surface area contributed by atoms with E-state index in [2.05, 4.69) is 31.8 Å². The number of carbonyl (C=O) groups excluding carboxylic acids is 1. The first-order valence-electron chi connectivity index (χ1n) is 8.42. The fraction of sp³-hybridized carbons (Fsp3) is 0.562. The van der Waals surface area contributed by atoms with Gasteiger partial charge in [0.2, 0.25) is 0 Å². The van der Waals surface area contributed by atoms with E-state index in [1.165, 1.54) is 12.4 Å². The van der Waals surface area contributed by atoms with Crippen LogP contribution in [0.15, 0.2) is 12.4 Å². The Balaban J connectivity index is 1.48. The van der Waals surface area contributed by atoms with Gasteiger partial charge in [0.1, 0.15) is 11.0 Å². The van der Waals surface area contributed by atoms with Crippen molar-refractivity contribution in [3.8, 4) is 6.01 Å². The first kappa shape index (κ1) is 18.0. The second-order valence-electron chi connectivity index (χ2n) is 6.05. The molecule has 0 aliphatic heterocycles. The molecule has 1 aliphatic carbocycles. The normalized spacial score (nSPS) is 20.2. The lowest BCUT2D eigenvalue weighted by Gasteiger charge is -2.28. The van der Waals surface area contributed by atoms with Gasteiger partial charge in [0.15, 0.2) is 0 Å². The van der Waals surface area contributed by atoms with E-state index in [1.807, 2.05) is 0 Å². The molecule has 7 nitrogen and oxygen atoms in total. The highest BCUT2D eigenvalue weighted by molar-refractivity contribution is 7.08. The van der Waals surface area contributed by atoms with E-state index >= 15 is 0 Å². The molecular formula is C16H20ClN5O2S. The van der Waals surface area contributed by atoms with Gasteiger partial charge in [-0.3, -0.25) is 4.79 Å². The van der Waals surface area contributed by atoms with E-state index in [0.29, 0.717) is 15.9 Å². The van der Waals surface area contributed by atoms with E-state index in [0.717, 1.165) is 55.8 Å². The number of hydrogen-bond acceptors (Lipinski definition) is 7. The summed E-state index contributed by atoms with van der Waals surface area (Å²) in [5.74, 6) is -0.0659. The molecule has 3 rings (SSSR count). The van der Waals surface area contributed by atoms with E-state index in [1.54, 1.807) is 0 Å². The molecule has 2 aromatic rings. The smallest absolute Gasteiger partial charge is 0.316 e. The fourth-order valence-electron chi connectivity index (χ4n) is 2.87. The van der Waals surface area contributed by atoms with Crippen LogP contribution in [0.25, 0.3) is 0 Å². The molecule has 2 heterocycles. The summed E-state index contributed by atoms with van der Waals surface area (Å²) in [6.45, 7) is 2.06. The number of carbonyl (C=O) groups is 1. The average molecular weight is 382 g/mol. The zero-order valence-electron chi connectivity index (χ0n) is 13.9. The Morgan fingerprint density at radius 1 is 1.32 bits per heavy atom. The van der Waals surface area contributed by atoms with Crippen LogP contribution in [0.1, 0.15) is 54.4 Å². The van der Waals surface area contributed by atoms with Crippen molar-refractivity contribution in [3.63, 3.8) is 0 Å². The van der Waals surface area contributed by atoms with Crippen LogP contribution in [-0.4, -0.2) is 37.6 Å². The number of aromatic nitrogens is 4. The minimum absolute atomic E-state index is 0.0649. The summed E-state index contributed by atoms with van der Waals surface area (Å²) in [6.07, 6.45) is 8.24. The van der Waals surface area contributed by atoms with Crippen molar-refractivity contribution in [2.24, 2.45) is 0 Å². The highest BCUT2D eigenvalue weighted by Crippen LogP contribution is 2.23. The minimum Gasteiger partial charge on any atom is -0.460 e. The molecule has 25 heavy (non-hydrogen) atoms. The second kappa shape index (κ2) is 8.53. The third-order valence-electron chi connectivity index (χ3n) is 4.13. The number of nitrogens with one attached hydrogen (secondary N) is 1. The SMILES string of the molecule is CCCc1nnsc1C(=O)NC1CCC(Oc2ncc(Cl)cn2)CC1. The van der Waals surface area contributed by atoms with E-state index in [9.17, 15) is 4.79 Å². The van der Waals surface area contributed by atoms with Gasteiger partial charge in [-0.1, -0.05) is 29.4 Å². The highest BCUT2D eigenvalue weighted by Gasteiger charge is 2.26. The summed E-state index contributed by atoms with van der Waals surface area (Å²) in [5, 5.41) is 7.63. The quantitative estimate of drug-likeness (QED) is 0.827. The van der Waals surface area contributed by atoms with Gasteiger partial charge in [-0.2, -0.15) is 0 Å². The zero-order valence-corrected chi connectivity index (χ0v) is 15.5. The van der Waals surface area contributed by atoms with Crippen LogP contribution >= 0.6 is 23.1 Å². The Kier molecular flexibility index (Phi) is 6.14. The number of rotatable bonds is 6. The predicted octanol–water partition coefficient (Wildman–Crippen LogP) is 3.05. The van der Waals surface area contributed by atoms with Gasteiger partial charge in [-0.05, 0) is 43.6 Å². The molecular weight excluding hydrogens is 362 g/mol. The van der Waals surface area contributed by atoms with Crippen LogP contribution in [0.4, 0.5) is 0 Å². The number of aryl methyl sites for hydroxylation is 1. The predicted molar refractivity (Wildman–Crippen MR) is 95.1 cm³/mol. The molecule has 9 heteroatoms. The van der Waals surface area contributed by atoms with Crippen molar-refractivity contribution in [3.05, 3.63) is 28.0 Å². The summed E-state index contributed by atoms with van der Waals surface area (Å²) in [5.41, 5.74) is 0.793. The van der Waals surface area contributed by atoms with Crippen molar-refractivity contribution in [1.29, 1.82) is 0 Å². The average Bonchev–Trinajstić information content (AvgIpc) is 3.07. The maximum atomic E-state index is 12.4. The van der Waals surface area contributed by atoms with Crippen molar-refractivity contribution >= 4 is 29.0 Å². The van der Waals surface area contributed by atoms with Gasteiger partial charge >= 0.3 is 6.01 Å². The first-order valence-corrected chi connectivity index (χ1v) is 9.57. The fourth-order valence-corrected chi connectivity index (χ4v) is 3.58. The maximum Gasteiger partial charge on any atom is 0.316 e. The lowest BCUT2D eigenvalue weighted by Crippen LogP contribution is -2.39. The number of hydrogen-bond donors (Lipinski definition) is 1. The van der Waals surface area contributed by atoms with Crippen LogP contribution in [0.3, 0.4) is 0 Å². The minimum atomic E-state index is -0.0659. The number of ether oxygens (including phenoxy) is 1. The van der Waals surface area contributed by atoms with E-state index < -0.39 is 0 Å². The molecule has 0 aromatic carbocycles. The third kappa shape index (κ3) is 4.85. The Morgan fingerprint density at radius 3 is 2.72 bits per heavy atom. The standard InChI is InChI=1S/C16H20ClN5O2S/c1-2-3-13-14(25-22-21-13)15(23)20-11-4-6-12(7-5-11)24-16-18-8-10(17)9-19-16/h8-9,11-12H,2-7H2,1H3,(H,20,23). The van der Waals surface area contributed by atoms with Crippen LogP contribution in [-0.2, 0) is 6.42 Å². The molecule has 0 atom stereocenters. The molecule has 1 aliphatic rings. The summed E-state index contributed by atoms with van der Waals surface area (Å²) in [4.78, 5) is 21.2. The van der Waals surface area contributed by atoms with Gasteiger partial charge in [0, 0.05) is 6.04 Å². The molecule has 0 saturated heterocycles. The summed E-state index contributed by atoms with van der Waals surface area (Å²) >= 11 is 6.93. The van der Waals surface area contributed by atoms with Gasteiger partial charge in [0.05, 0.1) is 23.1 Å². The van der Waals surface area contributed by atoms with Crippen molar-refractivity contribution in [2.45, 2.75) is 57.6 Å². The topological polar surface area (TPSA) is 89.9 Å². The van der Waals surface area contributed by atoms with Crippen LogP contribution in [0.5, 0.6) is 6.01 Å². The molecule has 1 fully saturated rings. The van der Waals surface area contributed by atoms with Gasteiger partial charge in [-0.25, -0.2) is 9.97 Å². The van der Waals surface area contributed by atoms with Gasteiger partial charge in [-0.15, -0.1) is 5.10 Å².